The SMILES string of the molecule is COc1ccc(-n2sc(C(=O)c3ccccc3)cc2=O)c([N+](=O)[O-])c1. The van der Waals surface area contributed by atoms with Crippen molar-refractivity contribution < 1.29 is 14.5 Å². The maximum atomic E-state index is 12.5. The number of rotatable bonds is 5. The van der Waals surface area contributed by atoms with Gasteiger partial charge in [0.25, 0.3) is 11.2 Å². The van der Waals surface area contributed by atoms with Crippen molar-refractivity contribution in [2.24, 2.45) is 0 Å². The second-order valence-corrected chi connectivity index (χ2v) is 6.03. The Balaban J connectivity index is 2.09. The van der Waals surface area contributed by atoms with Crippen molar-refractivity contribution in [2.75, 3.05) is 7.11 Å². The molecule has 1 aromatic heterocycles. The Bertz CT molecular complexity index is 1010. The number of nitrogens with zero attached hydrogens (tertiary/aromatic N) is 2. The minimum absolute atomic E-state index is 0.0907. The Morgan fingerprint density at radius 1 is 1.16 bits per heavy atom. The molecule has 0 unspecified atom stereocenters. The Kier molecular flexibility index (Phi) is 4.44. The van der Waals surface area contributed by atoms with Gasteiger partial charge in [-0.05, 0) is 23.7 Å². The fourth-order valence-electron chi connectivity index (χ4n) is 2.30. The predicted molar refractivity (Wildman–Crippen MR) is 93.0 cm³/mol. The summed E-state index contributed by atoms with van der Waals surface area (Å²) in [6, 6.07) is 13.9. The zero-order chi connectivity index (χ0) is 18.0. The van der Waals surface area contributed by atoms with Gasteiger partial charge in [0.1, 0.15) is 11.4 Å². The number of nitro groups is 1. The van der Waals surface area contributed by atoms with Crippen molar-refractivity contribution in [1.82, 2.24) is 3.96 Å². The molecule has 126 valence electrons. The average Bonchev–Trinajstić information content (AvgIpc) is 3.02. The highest BCUT2D eigenvalue weighted by atomic mass is 32.1. The lowest BCUT2D eigenvalue weighted by Gasteiger charge is -2.05. The van der Waals surface area contributed by atoms with Gasteiger partial charge in [-0.2, -0.15) is 0 Å². The summed E-state index contributed by atoms with van der Waals surface area (Å²) in [5.74, 6) is -0.00162. The van der Waals surface area contributed by atoms with E-state index in [1.807, 2.05) is 0 Å². The Labute approximate surface area is 146 Å². The molecule has 0 aliphatic heterocycles. The van der Waals surface area contributed by atoms with E-state index < -0.39 is 10.5 Å². The molecule has 8 heteroatoms. The van der Waals surface area contributed by atoms with Crippen LogP contribution < -0.4 is 10.3 Å². The number of hydrogen-bond acceptors (Lipinski definition) is 6. The molecule has 3 aromatic rings. The van der Waals surface area contributed by atoms with Gasteiger partial charge in [0, 0.05) is 11.6 Å². The summed E-state index contributed by atoms with van der Waals surface area (Å²) in [5.41, 5.74) is -0.243. The van der Waals surface area contributed by atoms with Crippen LogP contribution in [0.3, 0.4) is 0 Å². The first kappa shape index (κ1) is 16.6. The molecule has 2 aromatic carbocycles. The Hall–Kier alpha value is -3.26. The van der Waals surface area contributed by atoms with Crippen LogP contribution >= 0.6 is 11.5 Å². The molecule has 0 amide bonds. The third-order valence-electron chi connectivity index (χ3n) is 3.50. The van der Waals surface area contributed by atoms with E-state index in [-0.39, 0.29) is 22.0 Å². The lowest BCUT2D eigenvalue weighted by molar-refractivity contribution is -0.384. The number of methoxy groups -OCH3 is 1. The number of carbonyl (C=O) groups is 1. The third kappa shape index (κ3) is 3.20. The molecule has 0 bridgehead atoms. The van der Waals surface area contributed by atoms with Gasteiger partial charge in [-0.25, -0.2) is 3.96 Å². The molecule has 3 rings (SSSR count). The summed E-state index contributed by atoms with van der Waals surface area (Å²) in [4.78, 5) is 35.7. The molecule has 0 radical (unpaired) electrons. The average molecular weight is 356 g/mol. The first-order valence-electron chi connectivity index (χ1n) is 7.17. The van der Waals surface area contributed by atoms with E-state index in [0.717, 1.165) is 15.5 Å². The highest BCUT2D eigenvalue weighted by Gasteiger charge is 2.21. The van der Waals surface area contributed by atoms with Gasteiger partial charge >= 0.3 is 0 Å². The van der Waals surface area contributed by atoms with Crippen LogP contribution in [0.5, 0.6) is 5.75 Å². The zero-order valence-electron chi connectivity index (χ0n) is 13.0. The van der Waals surface area contributed by atoms with Gasteiger partial charge < -0.3 is 4.74 Å². The molecule has 0 aliphatic carbocycles. The first-order valence-corrected chi connectivity index (χ1v) is 7.94. The molecule has 0 fully saturated rings. The monoisotopic (exact) mass is 356 g/mol. The smallest absolute Gasteiger partial charge is 0.297 e. The third-order valence-corrected chi connectivity index (χ3v) is 4.56. The number of benzene rings is 2. The van der Waals surface area contributed by atoms with Crippen LogP contribution in [0.1, 0.15) is 15.2 Å². The standard InChI is InChI=1S/C17H12N2O5S/c1-24-12-7-8-13(14(9-12)19(22)23)18-16(20)10-15(25-18)17(21)11-5-3-2-4-6-11/h2-10H,1H3. The van der Waals surface area contributed by atoms with E-state index in [0.29, 0.717) is 11.3 Å². The van der Waals surface area contributed by atoms with E-state index in [1.54, 1.807) is 30.3 Å². The van der Waals surface area contributed by atoms with Crippen LogP contribution in [0.2, 0.25) is 0 Å². The molecule has 0 saturated heterocycles. The topological polar surface area (TPSA) is 91.4 Å². The molecule has 0 saturated carbocycles. The van der Waals surface area contributed by atoms with Crippen molar-refractivity contribution in [2.45, 2.75) is 0 Å². The van der Waals surface area contributed by atoms with Crippen LogP contribution in [0.4, 0.5) is 5.69 Å². The molecule has 0 aliphatic rings. The van der Waals surface area contributed by atoms with E-state index in [9.17, 15) is 19.7 Å². The van der Waals surface area contributed by atoms with Crippen molar-refractivity contribution in [3.05, 3.63) is 85.5 Å². The summed E-state index contributed by atoms with van der Waals surface area (Å²) < 4.78 is 6.12. The molecule has 1 heterocycles. The lowest BCUT2D eigenvalue weighted by Crippen LogP contribution is -2.11. The fraction of sp³-hybridized carbons (Fsp3) is 0.0588. The second kappa shape index (κ2) is 6.70. The fourth-order valence-corrected chi connectivity index (χ4v) is 3.24. The highest BCUT2D eigenvalue weighted by molar-refractivity contribution is 7.09. The minimum Gasteiger partial charge on any atom is -0.496 e. The lowest BCUT2D eigenvalue weighted by atomic mass is 10.1. The van der Waals surface area contributed by atoms with Gasteiger partial charge in [0.2, 0.25) is 5.78 Å². The van der Waals surface area contributed by atoms with Crippen LogP contribution in [0.25, 0.3) is 5.69 Å². The number of hydrogen-bond donors (Lipinski definition) is 0. The van der Waals surface area contributed by atoms with Crippen molar-refractivity contribution in [3.8, 4) is 11.4 Å². The van der Waals surface area contributed by atoms with Crippen molar-refractivity contribution >= 4 is 23.0 Å². The normalized spacial score (nSPS) is 10.4. The summed E-state index contributed by atoms with van der Waals surface area (Å²) in [5, 5.41) is 11.3. The van der Waals surface area contributed by atoms with Gasteiger partial charge in [-0.15, -0.1) is 0 Å². The minimum atomic E-state index is -0.595. The number of carbonyl (C=O) groups excluding carboxylic acids is 1. The van der Waals surface area contributed by atoms with E-state index in [2.05, 4.69) is 0 Å². The van der Waals surface area contributed by atoms with Gasteiger partial charge in [0.05, 0.1) is 23.0 Å². The second-order valence-electron chi connectivity index (χ2n) is 5.04. The molecule has 25 heavy (non-hydrogen) atoms. The van der Waals surface area contributed by atoms with E-state index in [4.69, 9.17) is 4.74 Å². The number of aromatic nitrogens is 1. The van der Waals surface area contributed by atoms with Crippen molar-refractivity contribution in [1.29, 1.82) is 0 Å². The molecule has 0 N–H and O–H groups in total. The van der Waals surface area contributed by atoms with Gasteiger partial charge in [0.15, 0.2) is 0 Å². The maximum absolute atomic E-state index is 12.5. The van der Waals surface area contributed by atoms with Crippen LogP contribution in [0, 0.1) is 10.1 Å². The predicted octanol–water partition coefficient (Wildman–Crippen LogP) is 3.05. The summed E-state index contributed by atoms with van der Waals surface area (Å²) in [6.45, 7) is 0. The van der Waals surface area contributed by atoms with Crippen LogP contribution in [-0.4, -0.2) is 21.8 Å². The van der Waals surface area contributed by atoms with Gasteiger partial charge in [-0.1, -0.05) is 30.3 Å². The van der Waals surface area contributed by atoms with Crippen LogP contribution in [-0.2, 0) is 0 Å². The molecule has 0 atom stereocenters. The van der Waals surface area contributed by atoms with Gasteiger partial charge in [-0.3, -0.25) is 19.7 Å². The summed E-state index contributed by atoms with van der Waals surface area (Å²) in [7, 11) is 1.40. The van der Waals surface area contributed by atoms with E-state index >= 15 is 0 Å². The van der Waals surface area contributed by atoms with Crippen molar-refractivity contribution in [3.63, 3.8) is 0 Å². The summed E-state index contributed by atoms with van der Waals surface area (Å²) in [6.07, 6.45) is 0. The van der Waals surface area contributed by atoms with E-state index in [1.165, 1.54) is 31.4 Å². The maximum Gasteiger partial charge on any atom is 0.297 e. The molecular weight excluding hydrogens is 344 g/mol. The molecule has 7 nitrogen and oxygen atoms in total. The quantitative estimate of drug-likeness (QED) is 0.398. The Morgan fingerprint density at radius 2 is 1.88 bits per heavy atom. The zero-order valence-corrected chi connectivity index (χ0v) is 13.9. The Morgan fingerprint density at radius 3 is 2.52 bits per heavy atom. The number of nitro benzene ring substituents is 1. The number of ether oxygens (including phenoxy) is 1. The van der Waals surface area contributed by atoms with Crippen LogP contribution in [0.15, 0.2) is 59.4 Å². The molecule has 0 spiro atoms. The first-order chi connectivity index (χ1) is 12.0. The summed E-state index contributed by atoms with van der Waals surface area (Å²) >= 11 is 0.870. The largest absolute Gasteiger partial charge is 0.496 e. The molecular formula is C17H12N2O5S. The highest BCUT2D eigenvalue weighted by Crippen LogP contribution is 2.29. The number of ketones is 1.